The Morgan fingerprint density at radius 2 is 2.00 bits per heavy atom. The molecule has 0 spiro atoms. The summed E-state index contributed by atoms with van der Waals surface area (Å²) in [5.74, 6) is 1.22. The van der Waals surface area contributed by atoms with Gasteiger partial charge in [0.15, 0.2) is 11.5 Å². The lowest BCUT2D eigenvalue weighted by molar-refractivity contribution is 0.202. The molecule has 0 saturated carbocycles. The van der Waals surface area contributed by atoms with Crippen molar-refractivity contribution in [2.24, 2.45) is 0 Å². The van der Waals surface area contributed by atoms with E-state index in [4.69, 9.17) is 14.6 Å². The molecule has 1 aromatic rings. The second-order valence-corrected chi connectivity index (χ2v) is 3.85. The predicted octanol–water partition coefficient (Wildman–Crippen LogP) is 1.19. The van der Waals surface area contributed by atoms with E-state index in [-0.39, 0.29) is 6.61 Å². The smallest absolute Gasteiger partial charge is 0.161 e. The number of nitrogens with zero attached hydrogens (tertiary/aromatic N) is 2. The Bertz CT molecular complexity index is 429. The van der Waals surface area contributed by atoms with Gasteiger partial charge in [0.1, 0.15) is 6.04 Å². The van der Waals surface area contributed by atoms with Gasteiger partial charge >= 0.3 is 0 Å². The monoisotopic (exact) mass is 250 g/mol. The molecule has 0 radical (unpaired) electrons. The van der Waals surface area contributed by atoms with E-state index in [9.17, 15) is 5.26 Å². The molecule has 0 aliphatic carbocycles. The third-order valence-corrected chi connectivity index (χ3v) is 2.74. The van der Waals surface area contributed by atoms with Gasteiger partial charge in [-0.3, -0.25) is 4.90 Å². The molecule has 1 aromatic carbocycles. The van der Waals surface area contributed by atoms with Crippen LogP contribution in [0.4, 0.5) is 0 Å². The summed E-state index contributed by atoms with van der Waals surface area (Å²) in [5, 5.41) is 18.1. The number of aliphatic hydroxyl groups excluding tert-OH is 1. The van der Waals surface area contributed by atoms with Crippen LogP contribution in [0, 0.1) is 11.3 Å². The number of benzene rings is 1. The molecule has 0 aliphatic rings. The topological polar surface area (TPSA) is 65.7 Å². The summed E-state index contributed by atoms with van der Waals surface area (Å²) in [7, 11) is 4.92. The first kappa shape index (κ1) is 14.3. The maximum atomic E-state index is 9.22. The van der Waals surface area contributed by atoms with E-state index >= 15 is 0 Å². The Morgan fingerprint density at radius 1 is 1.33 bits per heavy atom. The lowest BCUT2D eigenvalue weighted by Crippen LogP contribution is -2.26. The summed E-state index contributed by atoms with van der Waals surface area (Å²) >= 11 is 0. The van der Waals surface area contributed by atoms with Crippen molar-refractivity contribution >= 4 is 0 Å². The lowest BCUT2D eigenvalue weighted by atomic mass is 10.1. The lowest BCUT2D eigenvalue weighted by Gasteiger charge is -2.22. The molecule has 1 rings (SSSR count). The minimum atomic E-state index is -0.419. The summed E-state index contributed by atoms with van der Waals surface area (Å²) in [5.41, 5.74) is 0.811. The molecule has 98 valence electrons. The van der Waals surface area contributed by atoms with E-state index in [2.05, 4.69) is 6.07 Å². The highest BCUT2D eigenvalue weighted by atomic mass is 16.5. The number of methoxy groups -OCH3 is 2. The molecule has 1 atom stereocenters. The molecule has 0 aromatic heterocycles. The van der Waals surface area contributed by atoms with Gasteiger partial charge in [-0.05, 0) is 24.7 Å². The fourth-order valence-corrected chi connectivity index (χ4v) is 1.74. The van der Waals surface area contributed by atoms with E-state index in [0.29, 0.717) is 18.0 Å². The van der Waals surface area contributed by atoms with Crippen LogP contribution >= 0.6 is 0 Å². The maximum Gasteiger partial charge on any atom is 0.161 e. The van der Waals surface area contributed by atoms with Gasteiger partial charge < -0.3 is 14.6 Å². The summed E-state index contributed by atoms with van der Waals surface area (Å²) < 4.78 is 10.4. The largest absolute Gasteiger partial charge is 0.493 e. The van der Waals surface area contributed by atoms with Crippen molar-refractivity contribution in [3.8, 4) is 17.6 Å². The van der Waals surface area contributed by atoms with Gasteiger partial charge in [0.05, 0.1) is 26.9 Å². The van der Waals surface area contributed by atoms with Crippen LogP contribution in [0.15, 0.2) is 18.2 Å². The Kier molecular flexibility index (Phi) is 5.43. The Balaban J connectivity index is 3.04. The van der Waals surface area contributed by atoms with Crippen molar-refractivity contribution in [1.29, 1.82) is 5.26 Å². The summed E-state index contributed by atoms with van der Waals surface area (Å²) in [4.78, 5) is 1.78. The SMILES string of the molecule is COc1ccc(C(C#N)N(C)CCO)cc1OC. The van der Waals surface area contributed by atoms with Gasteiger partial charge in [-0.1, -0.05) is 6.07 Å². The average molecular weight is 250 g/mol. The van der Waals surface area contributed by atoms with E-state index in [0.717, 1.165) is 5.56 Å². The zero-order valence-corrected chi connectivity index (χ0v) is 10.9. The van der Waals surface area contributed by atoms with Crippen LogP contribution in [0.5, 0.6) is 11.5 Å². The molecule has 5 heteroatoms. The normalized spacial score (nSPS) is 12.0. The van der Waals surface area contributed by atoms with Gasteiger partial charge in [-0.15, -0.1) is 0 Å². The van der Waals surface area contributed by atoms with Crippen LogP contribution in [0.1, 0.15) is 11.6 Å². The molecule has 0 amide bonds. The van der Waals surface area contributed by atoms with Crippen LogP contribution < -0.4 is 9.47 Å². The Labute approximate surface area is 107 Å². The average Bonchev–Trinajstić information content (AvgIpc) is 2.39. The van der Waals surface area contributed by atoms with Crippen molar-refractivity contribution in [1.82, 2.24) is 4.90 Å². The minimum Gasteiger partial charge on any atom is -0.493 e. The van der Waals surface area contributed by atoms with Gasteiger partial charge in [0.2, 0.25) is 0 Å². The standard InChI is InChI=1S/C13H18N2O3/c1-15(6-7-16)11(9-14)10-4-5-12(17-2)13(8-10)18-3/h4-5,8,11,16H,6-7H2,1-3H3. The summed E-state index contributed by atoms with van der Waals surface area (Å²) in [6.45, 7) is 0.453. The molecule has 0 aliphatic heterocycles. The molecule has 0 fully saturated rings. The number of nitriles is 1. The molecule has 0 heterocycles. The highest BCUT2D eigenvalue weighted by molar-refractivity contribution is 5.44. The quantitative estimate of drug-likeness (QED) is 0.821. The fraction of sp³-hybridized carbons (Fsp3) is 0.462. The van der Waals surface area contributed by atoms with Crippen molar-refractivity contribution in [3.63, 3.8) is 0 Å². The van der Waals surface area contributed by atoms with Gasteiger partial charge in [-0.25, -0.2) is 0 Å². The molecule has 1 N–H and O–H groups in total. The number of ether oxygens (including phenoxy) is 2. The van der Waals surface area contributed by atoms with E-state index in [1.165, 1.54) is 0 Å². The van der Waals surface area contributed by atoms with Crippen molar-refractivity contribution in [3.05, 3.63) is 23.8 Å². The van der Waals surface area contributed by atoms with E-state index in [1.54, 1.807) is 38.3 Å². The molecular weight excluding hydrogens is 232 g/mol. The fourth-order valence-electron chi connectivity index (χ4n) is 1.74. The number of likely N-dealkylation sites (N-methyl/N-ethyl adjacent to an activating group) is 1. The summed E-state index contributed by atoms with van der Waals surface area (Å²) in [6, 6.07) is 7.16. The van der Waals surface area contributed by atoms with Crippen molar-refractivity contribution in [2.45, 2.75) is 6.04 Å². The molecule has 5 nitrogen and oxygen atoms in total. The minimum absolute atomic E-state index is 0.0158. The zero-order chi connectivity index (χ0) is 13.5. The van der Waals surface area contributed by atoms with E-state index < -0.39 is 6.04 Å². The Hall–Kier alpha value is -1.77. The first-order valence-electron chi connectivity index (χ1n) is 5.60. The van der Waals surface area contributed by atoms with Gasteiger partial charge in [-0.2, -0.15) is 5.26 Å². The highest BCUT2D eigenvalue weighted by Crippen LogP contribution is 2.31. The Morgan fingerprint density at radius 3 is 2.50 bits per heavy atom. The highest BCUT2D eigenvalue weighted by Gasteiger charge is 2.17. The molecule has 0 bridgehead atoms. The van der Waals surface area contributed by atoms with Crippen LogP contribution in [0.2, 0.25) is 0 Å². The van der Waals surface area contributed by atoms with Crippen LogP contribution in [-0.4, -0.2) is 44.4 Å². The molecule has 18 heavy (non-hydrogen) atoms. The number of hydrogen-bond acceptors (Lipinski definition) is 5. The number of rotatable bonds is 6. The second-order valence-electron chi connectivity index (χ2n) is 3.85. The van der Waals surface area contributed by atoms with Crippen molar-refractivity contribution in [2.75, 3.05) is 34.4 Å². The van der Waals surface area contributed by atoms with Crippen molar-refractivity contribution < 1.29 is 14.6 Å². The van der Waals surface area contributed by atoms with Crippen LogP contribution in [-0.2, 0) is 0 Å². The number of hydrogen-bond donors (Lipinski definition) is 1. The molecule has 0 saturated heterocycles. The van der Waals surface area contributed by atoms with Gasteiger partial charge in [0, 0.05) is 6.54 Å². The second kappa shape index (κ2) is 6.84. The van der Waals surface area contributed by atoms with Gasteiger partial charge in [0.25, 0.3) is 0 Å². The first-order chi connectivity index (χ1) is 8.67. The van der Waals surface area contributed by atoms with E-state index in [1.807, 2.05) is 6.07 Å². The zero-order valence-electron chi connectivity index (χ0n) is 10.9. The molecule has 1 unspecified atom stereocenters. The maximum absolute atomic E-state index is 9.22. The molecular formula is C13H18N2O3. The third kappa shape index (κ3) is 3.13. The first-order valence-corrected chi connectivity index (χ1v) is 5.60. The van der Waals surface area contributed by atoms with Crippen LogP contribution in [0.25, 0.3) is 0 Å². The summed E-state index contributed by atoms with van der Waals surface area (Å²) in [6.07, 6.45) is 0. The van der Waals surface area contributed by atoms with Crippen LogP contribution in [0.3, 0.4) is 0 Å². The predicted molar refractivity (Wildman–Crippen MR) is 67.6 cm³/mol. The third-order valence-electron chi connectivity index (χ3n) is 2.74. The number of aliphatic hydroxyl groups is 1.